The maximum Gasteiger partial charge on any atom is 0.268 e. The highest BCUT2D eigenvalue weighted by molar-refractivity contribution is 7.89. The van der Waals surface area contributed by atoms with Crippen LogP contribution in [0.3, 0.4) is 0 Å². The highest BCUT2D eigenvalue weighted by atomic mass is 35.5. The summed E-state index contributed by atoms with van der Waals surface area (Å²) in [6.07, 6.45) is 1.41. The summed E-state index contributed by atoms with van der Waals surface area (Å²) < 4.78 is 33.3. The fourth-order valence-corrected chi connectivity index (χ4v) is 3.99. The molecular formula is C15H23ClN4O5S. The van der Waals surface area contributed by atoms with E-state index in [2.05, 4.69) is 10.6 Å². The quantitative estimate of drug-likeness (QED) is 0.469. The Morgan fingerprint density at radius 3 is 2.50 bits per heavy atom. The predicted octanol–water partition coefficient (Wildman–Crippen LogP) is -0.481. The van der Waals surface area contributed by atoms with E-state index in [1.54, 1.807) is 14.0 Å². The number of hydrogen-bond acceptors (Lipinski definition) is 5. The Kier molecular flexibility index (Phi) is 7.04. The van der Waals surface area contributed by atoms with Gasteiger partial charge in [-0.3, -0.25) is 9.59 Å². The number of carbonyl (C=O) groups excluding carboxylic acids is 2. The first-order valence-electron chi connectivity index (χ1n) is 8.17. The molecule has 1 aromatic heterocycles. The van der Waals surface area contributed by atoms with Gasteiger partial charge in [-0.15, -0.1) is 11.6 Å². The number of aryl methyl sites for hydroxylation is 1. The van der Waals surface area contributed by atoms with Crippen molar-refractivity contribution in [1.82, 2.24) is 19.5 Å². The molecule has 0 radical (unpaired) electrons. The summed E-state index contributed by atoms with van der Waals surface area (Å²) in [5, 5.41) is 4.55. The van der Waals surface area contributed by atoms with Gasteiger partial charge in [-0.2, -0.15) is 4.31 Å². The molecule has 2 rings (SSSR count). The van der Waals surface area contributed by atoms with Crippen molar-refractivity contribution in [2.75, 3.05) is 39.4 Å². The van der Waals surface area contributed by atoms with Gasteiger partial charge in [0, 0.05) is 39.4 Å². The summed E-state index contributed by atoms with van der Waals surface area (Å²) in [6, 6.07) is 1.35. The van der Waals surface area contributed by atoms with E-state index in [0.717, 1.165) is 0 Å². The molecule has 0 bridgehead atoms. The molecular weight excluding hydrogens is 384 g/mol. The molecule has 0 saturated carbocycles. The lowest BCUT2D eigenvalue weighted by molar-refractivity contribution is -0.120. The number of sulfonamides is 1. The summed E-state index contributed by atoms with van der Waals surface area (Å²) in [7, 11) is -2.06. The van der Waals surface area contributed by atoms with Crippen molar-refractivity contribution < 1.29 is 22.7 Å². The van der Waals surface area contributed by atoms with E-state index in [4.69, 9.17) is 16.3 Å². The van der Waals surface area contributed by atoms with Crippen LogP contribution in [-0.4, -0.2) is 73.9 Å². The number of halogens is 1. The topological polar surface area (TPSA) is 110 Å². The van der Waals surface area contributed by atoms with Gasteiger partial charge in [0.25, 0.3) is 5.91 Å². The van der Waals surface area contributed by atoms with Crippen LogP contribution in [0.5, 0.6) is 0 Å². The highest BCUT2D eigenvalue weighted by Crippen LogP contribution is 2.19. The number of morpholine rings is 1. The minimum atomic E-state index is -3.66. The summed E-state index contributed by atoms with van der Waals surface area (Å²) >= 11 is 5.62. The lowest BCUT2D eigenvalue weighted by Crippen LogP contribution is -2.40. The Bertz CT molecular complexity index is 756. The van der Waals surface area contributed by atoms with Gasteiger partial charge in [-0.25, -0.2) is 8.42 Å². The fourth-order valence-electron chi connectivity index (χ4n) is 2.43. The number of ether oxygens (including phenoxy) is 1. The number of alkyl halides is 1. The number of carbonyl (C=O) groups is 2. The number of nitrogens with one attached hydrogen (secondary N) is 2. The second-order valence-electron chi connectivity index (χ2n) is 5.85. The Balaban J connectivity index is 1.98. The lowest BCUT2D eigenvalue weighted by Gasteiger charge is -2.25. The Morgan fingerprint density at radius 1 is 1.27 bits per heavy atom. The fraction of sp³-hybridized carbons (Fsp3) is 0.600. The van der Waals surface area contributed by atoms with Crippen molar-refractivity contribution in [3.8, 4) is 0 Å². The van der Waals surface area contributed by atoms with Crippen LogP contribution in [0, 0.1) is 0 Å². The molecule has 1 saturated heterocycles. The molecule has 1 atom stereocenters. The van der Waals surface area contributed by atoms with Gasteiger partial charge in [0.15, 0.2) is 0 Å². The molecule has 9 nitrogen and oxygen atoms in total. The molecule has 0 spiro atoms. The Morgan fingerprint density at radius 2 is 1.88 bits per heavy atom. The van der Waals surface area contributed by atoms with Crippen molar-refractivity contribution in [2.45, 2.75) is 17.2 Å². The van der Waals surface area contributed by atoms with E-state index in [-0.39, 0.29) is 42.7 Å². The van der Waals surface area contributed by atoms with Gasteiger partial charge >= 0.3 is 0 Å². The molecule has 26 heavy (non-hydrogen) atoms. The maximum atomic E-state index is 12.6. The summed E-state index contributed by atoms with van der Waals surface area (Å²) in [5.41, 5.74) is 0.217. The van der Waals surface area contributed by atoms with Crippen LogP contribution in [0.25, 0.3) is 0 Å². The second kappa shape index (κ2) is 8.85. The van der Waals surface area contributed by atoms with Gasteiger partial charge in [-0.1, -0.05) is 0 Å². The Labute approximate surface area is 157 Å². The molecule has 11 heteroatoms. The Hall–Kier alpha value is -1.62. The number of amides is 2. The average molecular weight is 407 g/mol. The van der Waals surface area contributed by atoms with Crippen LogP contribution in [0.2, 0.25) is 0 Å². The molecule has 1 aliphatic rings. The summed E-state index contributed by atoms with van der Waals surface area (Å²) in [5.74, 6) is -0.747. The van der Waals surface area contributed by atoms with Crippen LogP contribution in [0.15, 0.2) is 17.2 Å². The van der Waals surface area contributed by atoms with Gasteiger partial charge in [0.05, 0.1) is 13.2 Å². The van der Waals surface area contributed by atoms with Crippen molar-refractivity contribution in [3.05, 3.63) is 18.0 Å². The van der Waals surface area contributed by atoms with Gasteiger partial charge < -0.3 is 19.9 Å². The van der Waals surface area contributed by atoms with Crippen molar-refractivity contribution in [2.24, 2.45) is 7.05 Å². The first-order chi connectivity index (χ1) is 12.2. The molecule has 1 fully saturated rings. The van der Waals surface area contributed by atoms with E-state index in [1.807, 2.05) is 0 Å². The largest absolute Gasteiger partial charge is 0.379 e. The molecule has 0 aliphatic carbocycles. The predicted molar refractivity (Wildman–Crippen MR) is 95.6 cm³/mol. The van der Waals surface area contributed by atoms with Crippen LogP contribution in [0.1, 0.15) is 17.4 Å². The van der Waals surface area contributed by atoms with E-state index in [0.29, 0.717) is 13.2 Å². The monoisotopic (exact) mass is 406 g/mol. The molecule has 146 valence electrons. The van der Waals surface area contributed by atoms with Crippen molar-refractivity contribution in [3.63, 3.8) is 0 Å². The zero-order valence-corrected chi connectivity index (χ0v) is 16.3. The third-order valence-electron chi connectivity index (χ3n) is 3.89. The number of rotatable bonds is 7. The lowest BCUT2D eigenvalue weighted by atomic mass is 10.4. The summed E-state index contributed by atoms with van der Waals surface area (Å²) in [4.78, 5) is 23.7. The first kappa shape index (κ1) is 20.7. The minimum Gasteiger partial charge on any atom is -0.379 e. The highest BCUT2D eigenvalue weighted by Gasteiger charge is 2.28. The normalized spacial score (nSPS) is 16.9. The maximum absolute atomic E-state index is 12.6. The van der Waals surface area contributed by atoms with Gasteiger partial charge in [0.1, 0.15) is 16.0 Å². The third kappa shape index (κ3) is 4.97. The van der Waals surface area contributed by atoms with Crippen molar-refractivity contribution >= 4 is 33.4 Å². The van der Waals surface area contributed by atoms with Crippen LogP contribution >= 0.6 is 11.6 Å². The molecule has 1 aromatic rings. The minimum absolute atomic E-state index is 0.0660. The van der Waals surface area contributed by atoms with Gasteiger partial charge in [-0.05, 0) is 13.0 Å². The molecule has 1 aliphatic heterocycles. The molecule has 0 aromatic carbocycles. The average Bonchev–Trinajstić information content (AvgIpc) is 3.01. The second-order valence-corrected chi connectivity index (χ2v) is 8.44. The zero-order valence-electron chi connectivity index (χ0n) is 14.7. The SMILES string of the molecule is CC(Cl)C(=O)NCCNC(=O)c1cc(S(=O)(=O)N2CCOCC2)cn1C. The van der Waals surface area contributed by atoms with Gasteiger partial charge in [0.2, 0.25) is 15.9 Å². The number of hydrogen-bond donors (Lipinski definition) is 2. The number of nitrogens with zero attached hydrogens (tertiary/aromatic N) is 2. The van der Waals surface area contributed by atoms with E-state index in [9.17, 15) is 18.0 Å². The standard InChI is InChI=1S/C15H23ClN4O5S/c1-11(16)14(21)17-3-4-18-15(22)13-9-12(10-19(13)2)26(23,24)20-5-7-25-8-6-20/h9-11H,3-8H2,1-2H3,(H,17,21)(H,18,22). The van der Waals surface area contributed by atoms with E-state index >= 15 is 0 Å². The van der Waals surface area contributed by atoms with Crippen LogP contribution in [-0.2, 0) is 26.6 Å². The van der Waals surface area contributed by atoms with Crippen LogP contribution in [0.4, 0.5) is 0 Å². The van der Waals surface area contributed by atoms with Crippen molar-refractivity contribution in [1.29, 1.82) is 0 Å². The number of aromatic nitrogens is 1. The van der Waals surface area contributed by atoms with E-state index in [1.165, 1.54) is 21.1 Å². The van der Waals surface area contributed by atoms with Crippen LogP contribution < -0.4 is 10.6 Å². The molecule has 2 N–H and O–H groups in total. The first-order valence-corrected chi connectivity index (χ1v) is 10.1. The third-order valence-corrected chi connectivity index (χ3v) is 5.95. The van der Waals surface area contributed by atoms with E-state index < -0.39 is 21.3 Å². The molecule has 2 heterocycles. The molecule has 2 amide bonds. The molecule has 1 unspecified atom stereocenters. The smallest absolute Gasteiger partial charge is 0.268 e. The zero-order chi connectivity index (χ0) is 19.3. The summed E-state index contributed by atoms with van der Waals surface area (Å²) in [6.45, 7) is 3.26.